The first-order valence-electron chi connectivity index (χ1n) is 9.54. The van der Waals surface area contributed by atoms with E-state index in [-0.39, 0.29) is 12.0 Å². The number of rotatable bonds is 9. The number of carbonyl (C=O) groups is 1. The Kier molecular flexibility index (Phi) is 7.91. The molecule has 2 rings (SSSR count). The van der Waals surface area contributed by atoms with Crippen molar-refractivity contribution in [1.29, 1.82) is 0 Å². The van der Waals surface area contributed by atoms with Crippen LogP contribution in [0.1, 0.15) is 33.6 Å². The monoisotopic (exact) mass is 397 g/mol. The lowest BCUT2D eigenvalue weighted by Crippen LogP contribution is -2.43. The van der Waals surface area contributed by atoms with Crippen LogP contribution in [0.4, 0.5) is 5.69 Å². The van der Waals surface area contributed by atoms with Crippen molar-refractivity contribution in [3.8, 4) is 5.75 Å². The molecule has 1 amide bonds. The van der Waals surface area contributed by atoms with E-state index in [1.807, 2.05) is 13.8 Å². The third-order valence-corrected chi connectivity index (χ3v) is 5.64. The molecule has 1 fully saturated rings. The van der Waals surface area contributed by atoms with E-state index in [0.717, 1.165) is 25.9 Å². The van der Waals surface area contributed by atoms with Gasteiger partial charge in [-0.05, 0) is 70.0 Å². The van der Waals surface area contributed by atoms with E-state index < -0.39 is 15.8 Å². The quantitative estimate of drug-likeness (QED) is 0.666. The molecule has 0 spiro atoms. The van der Waals surface area contributed by atoms with Crippen molar-refractivity contribution in [1.82, 2.24) is 10.2 Å². The van der Waals surface area contributed by atoms with E-state index in [4.69, 9.17) is 4.74 Å². The molecule has 0 atom stereocenters. The van der Waals surface area contributed by atoms with E-state index >= 15 is 0 Å². The SMILES string of the molecule is CCNCC1CCN(C(=O)CS(=O)(=O)Nc2ccc(OC(C)C)cc2)CC1. The smallest absolute Gasteiger partial charge is 0.241 e. The maximum atomic E-state index is 12.4. The Morgan fingerprint density at radius 3 is 2.41 bits per heavy atom. The predicted molar refractivity (Wildman–Crippen MR) is 107 cm³/mol. The van der Waals surface area contributed by atoms with Gasteiger partial charge in [-0.3, -0.25) is 9.52 Å². The molecule has 152 valence electrons. The Hall–Kier alpha value is -1.80. The van der Waals surface area contributed by atoms with Crippen molar-refractivity contribution in [3.63, 3.8) is 0 Å². The molecule has 1 aliphatic heterocycles. The van der Waals surface area contributed by atoms with Crippen molar-refractivity contribution < 1.29 is 17.9 Å². The van der Waals surface area contributed by atoms with Gasteiger partial charge in [0.15, 0.2) is 0 Å². The van der Waals surface area contributed by atoms with Crippen LogP contribution in [0.25, 0.3) is 0 Å². The number of hydrogen-bond acceptors (Lipinski definition) is 5. The molecule has 2 N–H and O–H groups in total. The highest BCUT2D eigenvalue weighted by molar-refractivity contribution is 7.93. The number of piperidine rings is 1. The minimum absolute atomic E-state index is 0.0482. The second kappa shape index (κ2) is 9.94. The molecular weight excluding hydrogens is 366 g/mol. The normalized spacial score (nSPS) is 15.8. The number of ether oxygens (including phenoxy) is 1. The molecule has 0 aliphatic carbocycles. The Morgan fingerprint density at radius 1 is 1.22 bits per heavy atom. The fourth-order valence-corrected chi connectivity index (χ4v) is 4.15. The van der Waals surface area contributed by atoms with Crippen LogP contribution < -0.4 is 14.8 Å². The fourth-order valence-electron chi connectivity index (χ4n) is 3.08. The summed E-state index contributed by atoms with van der Waals surface area (Å²) in [5.41, 5.74) is 0.420. The molecule has 1 saturated heterocycles. The number of anilines is 1. The molecule has 0 unspecified atom stereocenters. The molecule has 7 nitrogen and oxygen atoms in total. The Bertz CT molecular complexity index is 696. The average Bonchev–Trinajstić information content (AvgIpc) is 2.61. The summed E-state index contributed by atoms with van der Waals surface area (Å²) in [4.78, 5) is 14.0. The number of nitrogens with one attached hydrogen (secondary N) is 2. The summed E-state index contributed by atoms with van der Waals surface area (Å²) in [6.07, 6.45) is 1.86. The van der Waals surface area contributed by atoms with Gasteiger partial charge in [-0.1, -0.05) is 6.92 Å². The minimum atomic E-state index is -3.74. The highest BCUT2D eigenvalue weighted by atomic mass is 32.2. The number of carbonyl (C=O) groups excluding carboxylic acids is 1. The lowest BCUT2D eigenvalue weighted by atomic mass is 9.97. The number of amides is 1. The summed E-state index contributed by atoms with van der Waals surface area (Å²) >= 11 is 0. The zero-order valence-electron chi connectivity index (χ0n) is 16.4. The highest BCUT2D eigenvalue weighted by Crippen LogP contribution is 2.19. The van der Waals surface area contributed by atoms with Crippen LogP contribution >= 0.6 is 0 Å². The van der Waals surface area contributed by atoms with Gasteiger partial charge < -0.3 is 15.0 Å². The lowest BCUT2D eigenvalue weighted by Gasteiger charge is -2.32. The van der Waals surface area contributed by atoms with E-state index in [1.54, 1.807) is 29.2 Å². The third kappa shape index (κ3) is 7.38. The highest BCUT2D eigenvalue weighted by Gasteiger charge is 2.26. The van der Waals surface area contributed by atoms with Crippen LogP contribution in [0.3, 0.4) is 0 Å². The van der Waals surface area contributed by atoms with Crippen LogP contribution in [-0.2, 0) is 14.8 Å². The van der Waals surface area contributed by atoms with Gasteiger partial charge in [-0.25, -0.2) is 8.42 Å². The van der Waals surface area contributed by atoms with Crippen molar-refractivity contribution >= 4 is 21.6 Å². The van der Waals surface area contributed by atoms with Crippen LogP contribution in [-0.4, -0.2) is 57.3 Å². The topological polar surface area (TPSA) is 87.7 Å². The minimum Gasteiger partial charge on any atom is -0.491 e. The molecule has 1 aromatic rings. The Labute approximate surface area is 162 Å². The summed E-state index contributed by atoms with van der Waals surface area (Å²) in [5.74, 6) is 0.346. The summed E-state index contributed by atoms with van der Waals surface area (Å²) in [6.45, 7) is 9.04. The third-order valence-electron chi connectivity index (χ3n) is 4.46. The summed E-state index contributed by atoms with van der Waals surface area (Å²) < 4.78 is 32.6. The van der Waals surface area contributed by atoms with Crippen LogP contribution in [0.5, 0.6) is 5.75 Å². The van der Waals surface area contributed by atoms with Crippen molar-refractivity contribution in [2.24, 2.45) is 5.92 Å². The molecule has 0 aromatic heterocycles. The first-order chi connectivity index (χ1) is 12.8. The molecule has 1 aliphatic rings. The predicted octanol–water partition coefficient (Wildman–Crippen LogP) is 2.06. The zero-order valence-corrected chi connectivity index (χ0v) is 17.2. The van der Waals surface area contributed by atoms with Crippen molar-refractivity contribution in [2.45, 2.75) is 39.7 Å². The van der Waals surface area contributed by atoms with E-state index in [9.17, 15) is 13.2 Å². The molecule has 8 heteroatoms. The largest absolute Gasteiger partial charge is 0.491 e. The van der Waals surface area contributed by atoms with Gasteiger partial charge in [-0.2, -0.15) is 0 Å². The Morgan fingerprint density at radius 2 is 1.85 bits per heavy atom. The number of hydrogen-bond donors (Lipinski definition) is 2. The van der Waals surface area contributed by atoms with E-state index in [1.165, 1.54) is 0 Å². The second-order valence-corrected chi connectivity index (χ2v) is 8.91. The summed E-state index contributed by atoms with van der Waals surface area (Å²) in [7, 11) is -3.74. The zero-order chi connectivity index (χ0) is 19.9. The van der Waals surface area contributed by atoms with E-state index in [2.05, 4.69) is 17.0 Å². The van der Waals surface area contributed by atoms with Gasteiger partial charge in [0.25, 0.3) is 0 Å². The van der Waals surface area contributed by atoms with Gasteiger partial charge >= 0.3 is 0 Å². The van der Waals surface area contributed by atoms with Crippen LogP contribution in [0, 0.1) is 5.92 Å². The van der Waals surface area contributed by atoms with Crippen molar-refractivity contribution in [3.05, 3.63) is 24.3 Å². The molecule has 0 bridgehead atoms. The van der Waals surface area contributed by atoms with E-state index in [0.29, 0.717) is 30.4 Å². The van der Waals surface area contributed by atoms with Gasteiger partial charge in [0.05, 0.1) is 6.10 Å². The Balaban J connectivity index is 1.84. The molecule has 1 heterocycles. The fraction of sp³-hybridized carbons (Fsp3) is 0.632. The van der Waals surface area contributed by atoms with Gasteiger partial charge in [0, 0.05) is 18.8 Å². The average molecular weight is 398 g/mol. The number of likely N-dealkylation sites (tertiary alicyclic amines) is 1. The molecule has 1 aromatic carbocycles. The molecule has 0 saturated carbocycles. The number of nitrogens with zero attached hydrogens (tertiary/aromatic N) is 1. The van der Waals surface area contributed by atoms with Gasteiger partial charge in [0.1, 0.15) is 11.5 Å². The second-order valence-electron chi connectivity index (χ2n) is 7.18. The molecule has 0 radical (unpaired) electrons. The molecular formula is C19H31N3O4S. The van der Waals surface area contributed by atoms with Crippen LogP contribution in [0.15, 0.2) is 24.3 Å². The first-order valence-corrected chi connectivity index (χ1v) is 11.2. The summed E-state index contributed by atoms with van der Waals surface area (Å²) in [6, 6.07) is 6.67. The van der Waals surface area contributed by atoms with Crippen molar-refractivity contribution in [2.75, 3.05) is 36.7 Å². The first kappa shape index (κ1) is 21.5. The summed E-state index contributed by atoms with van der Waals surface area (Å²) in [5, 5.41) is 3.32. The standard InChI is InChI=1S/C19H31N3O4S/c1-4-20-13-16-9-11-22(12-10-16)19(23)14-27(24,25)21-17-5-7-18(8-6-17)26-15(2)3/h5-8,15-16,20-21H,4,9-14H2,1-3H3. The number of benzene rings is 1. The maximum absolute atomic E-state index is 12.4. The molecule has 27 heavy (non-hydrogen) atoms. The maximum Gasteiger partial charge on any atom is 0.241 e. The van der Waals surface area contributed by atoms with Gasteiger partial charge in [-0.15, -0.1) is 0 Å². The lowest BCUT2D eigenvalue weighted by molar-refractivity contribution is -0.129. The number of sulfonamides is 1. The van der Waals surface area contributed by atoms with Gasteiger partial charge in [0.2, 0.25) is 15.9 Å². The van der Waals surface area contributed by atoms with Crippen LogP contribution in [0.2, 0.25) is 0 Å².